The molecule has 1 aromatic heterocycles. The van der Waals surface area contributed by atoms with Crippen LogP contribution < -0.4 is 4.74 Å². The molecule has 0 amide bonds. The van der Waals surface area contributed by atoms with Crippen LogP contribution in [-0.4, -0.2) is 4.98 Å². The average molecular weight is 246 g/mol. The van der Waals surface area contributed by atoms with Gasteiger partial charge in [-0.1, -0.05) is 23.7 Å². The molecule has 0 N–H and O–H groups in total. The monoisotopic (exact) mass is 245 g/mol. The SMILES string of the molecule is Clc1ccc(Oc2nc3ccccc3o2)cc1. The molecule has 3 rings (SSSR count). The van der Waals surface area contributed by atoms with E-state index in [1.54, 1.807) is 24.3 Å². The van der Waals surface area contributed by atoms with Crippen LogP contribution in [0.4, 0.5) is 0 Å². The van der Waals surface area contributed by atoms with Crippen molar-refractivity contribution < 1.29 is 9.15 Å². The van der Waals surface area contributed by atoms with Gasteiger partial charge in [-0.05, 0) is 36.4 Å². The maximum atomic E-state index is 5.78. The molecule has 0 atom stereocenters. The molecule has 0 bridgehead atoms. The third kappa shape index (κ3) is 2.10. The maximum Gasteiger partial charge on any atom is 0.400 e. The van der Waals surface area contributed by atoms with E-state index in [0.29, 0.717) is 16.4 Å². The van der Waals surface area contributed by atoms with E-state index in [9.17, 15) is 0 Å². The summed E-state index contributed by atoms with van der Waals surface area (Å²) in [6.45, 7) is 0. The minimum absolute atomic E-state index is 0.230. The van der Waals surface area contributed by atoms with Crippen LogP contribution in [0.3, 0.4) is 0 Å². The molecule has 0 aliphatic rings. The van der Waals surface area contributed by atoms with Crippen LogP contribution >= 0.6 is 11.6 Å². The molecule has 0 saturated heterocycles. The Morgan fingerprint density at radius 1 is 1.00 bits per heavy atom. The first-order valence-electron chi connectivity index (χ1n) is 5.10. The van der Waals surface area contributed by atoms with Gasteiger partial charge < -0.3 is 9.15 Å². The molecule has 0 aliphatic carbocycles. The number of hydrogen-bond acceptors (Lipinski definition) is 3. The second-order valence-corrected chi connectivity index (χ2v) is 3.94. The number of ether oxygens (including phenoxy) is 1. The van der Waals surface area contributed by atoms with Gasteiger partial charge in [-0.15, -0.1) is 0 Å². The van der Waals surface area contributed by atoms with Gasteiger partial charge in [-0.3, -0.25) is 0 Å². The van der Waals surface area contributed by atoms with Crippen LogP contribution in [0, 0.1) is 0 Å². The standard InChI is InChI=1S/C13H8ClNO2/c14-9-5-7-10(8-6-9)16-13-15-11-3-1-2-4-12(11)17-13/h1-8H. The molecular formula is C13H8ClNO2. The summed E-state index contributed by atoms with van der Waals surface area (Å²) in [5, 5.41) is 0.662. The summed E-state index contributed by atoms with van der Waals surface area (Å²) in [5.41, 5.74) is 1.48. The van der Waals surface area contributed by atoms with Gasteiger partial charge in [-0.2, -0.15) is 4.98 Å². The van der Waals surface area contributed by atoms with Crippen molar-refractivity contribution in [1.82, 2.24) is 4.98 Å². The fraction of sp³-hybridized carbons (Fsp3) is 0. The van der Waals surface area contributed by atoms with Crippen molar-refractivity contribution >= 4 is 22.7 Å². The third-order valence-electron chi connectivity index (χ3n) is 2.29. The molecule has 1 heterocycles. The lowest BCUT2D eigenvalue weighted by Crippen LogP contribution is -1.82. The molecule has 0 saturated carbocycles. The van der Waals surface area contributed by atoms with Crippen LogP contribution in [0.1, 0.15) is 0 Å². The van der Waals surface area contributed by atoms with Gasteiger partial charge in [0, 0.05) is 5.02 Å². The maximum absolute atomic E-state index is 5.78. The summed E-state index contributed by atoms with van der Waals surface area (Å²) < 4.78 is 10.9. The van der Waals surface area contributed by atoms with E-state index in [1.165, 1.54) is 0 Å². The zero-order valence-electron chi connectivity index (χ0n) is 8.76. The topological polar surface area (TPSA) is 35.3 Å². The lowest BCUT2D eigenvalue weighted by molar-refractivity contribution is 0.343. The number of halogens is 1. The van der Waals surface area contributed by atoms with Gasteiger partial charge in [-0.25, -0.2) is 0 Å². The normalized spacial score (nSPS) is 10.6. The summed E-state index contributed by atoms with van der Waals surface area (Å²) in [6.07, 6.45) is 0.230. The number of hydrogen-bond donors (Lipinski definition) is 0. The van der Waals surface area contributed by atoms with Gasteiger partial charge in [0.25, 0.3) is 0 Å². The number of fused-ring (bicyclic) bond motifs is 1. The van der Waals surface area contributed by atoms with E-state index in [2.05, 4.69) is 4.98 Å². The largest absolute Gasteiger partial charge is 0.411 e. The van der Waals surface area contributed by atoms with E-state index in [0.717, 1.165) is 5.52 Å². The summed E-state index contributed by atoms with van der Waals surface area (Å²) in [5.74, 6) is 0.640. The Labute approximate surface area is 103 Å². The molecule has 0 radical (unpaired) electrons. The van der Waals surface area contributed by atoms with Gasteiger partial charge >= 0.3 is 6.08 Å². The van der Waals surface area contributed by atoms with E-state index in [4.69, 9.17) is 20.8 Å². The number of nitrogens with zero attached hydrogens (tertiary/aromatic N) is 1. The Hall–Kier alpha value is -2.00. The van der Waals surface area contributed by atoms with Crippen molar-refractivity contribution in [1.29, 1.82) is 0 Å². The molecule has 0 spiro atoms. The Bertz CT molecular complexity index is 613. The number of benzene rings is 2. The highest BCUT2D eigenvalue weighted by Gasteiger charge is 2.06. The average Bonchev–Trinajstić information content (AvgIpc) is 2.74. The molecule has 0 fully saturated rings. The second kappa shape index (κ2) is 4.11. The predicted molar refractivity (Wildman–Crippen MR) is 65.5 cm³/mol. The van der Waals surface area contributed by atoms with Crippen molar-refractivity contribution in [2.24, 2.45) is 0 Å². The number of aromatic nitrogens is 1. The lowest BCUT2D eigenvalue weighted by atomic mass is 10.3. The fourth-order valence-corrected chi connectivity index (χ4v) is 1.62. The van der Waals surface area contributed by atoms with Crippen LogP contribution in [0.25, 0.3) is 11.1 Å². The smallest absolute Gasteiger partial charge is 0.400 e. The lowest BCUT2D eigenvalue weighted by Gasteiger charge is -1.99. The Kier molecular flexibility index (Phi) is 2.46. The second-order valence-electron chi connectivity index (χ2n) is 3.50. The van der Waals surface area contributed by atoms with Crippen molar-refractivity contribution in [3.8, 4) is 11.8 Å². The minimum Gasteiger partial charge on any atom is -0.411 e. The quantitative estimate of drug-likeness (QED) is 0.676. The molecule has 4 heteroatoms. The number of para-hydroxylation sites is 2. The minimum atomic E-state index is 0.230. The van der Waals surface area contributed by atoms with Gasteiger partial charge in [0.05, 0.1) is 0 Å². The van der Waals surface area contributed by atoms with Gasteiger partial charge in [0.1, 0.15) is 11.3 Å². The molecule has 0 aliphatic heterocycles. The third-order valence-corrected chi connectivity index (χ3v) is 2.55. The molecule has 2 aromatic carbocycles. The van der Waals surface area contributed by atoms with Crippen LogP contribution in [0.2, 0.25) is 5.02 Å². The number of rotatable bonds is 2. The molecule has 3 nitrogen and oxygen atoms in total. The summed E-state index contributed by atoms with van der Waals surface area (Å²) in [6, 6.07) is 14.5. The zero-order valence-corrected chi connectivity index (χ0v) is 9.52. The fourth-order valence-electron chi connectivity index (χ4n) is 1.50. The summed E-state index contributed by atoms with van der Waals surface area (Å²) in [4.78, 5) is 4.21. The molecule has 3 aromatic rings. The van der Waals surface area contributed by atoms with Crippen LogP contribution in [0.5, 0.6) is 11.8 Å². The van der Waals surface area contributed by atoms with E-state index < -0.39 is 0 Å². The van der Waals surface area contributed by atoms with Crippen molar-refractivity contribution in [3.05, 3.63) is 53.6 Å². The highest BCUT2D eigenvalue weighted by molar-refractivity contribution is 6.30. The van der Waals surface area contributed by atoms with E-state index >= 15 is 0 Å². The van der Waals surface area contributed by atoms with Crippen molar-refractivity contribution in [3.63, 3.8) is 0 Å². The Morgan fingerprint density at radius 2 is 1.76 bits per heavy atom. The Balaban J connectivity index is 1.92. The zero-order chi connectivity index (χ0) is 11.7. The van der Waals surface area contributed by atoms with Gasteiger partial charge in [0.15, 0.2) is 5.58 Å². The predicted octanol–water partition coefficient (Wildman–Crippen LogP) is 4.27. The van der Waals surface area contributed by atoms with Crippen molar-refractivity contribution in [2.45, 2.75) is 0 Å². The molecule has 17 heavy (non-hydrogen) atoms. The number of oxazole rings is 1. The first-order valence-corrected chi connectivity index (χ1v) is 5.48. The van der Waals surface area contributed by atoms with E-state index in [1.807, 2.05) is 24.3 Å². The molecule has 84 valence electrons. The summed E-state index contributed by atoms with van der Waals surface area (Å²) in [7, 11) is 0. The highest BCUT2D eigenvalue weighted by atomic mass is 35.5. The van der Waals surface area contributed by atoms with Crippen LogP contribution in [0.15, 0.2) is 52.9 Å². The first-order chi connectivity index (χ1) is 8.31. The highest BCUT2D eigenvalue weighted by Crippen LogP contribution is 2.25. The van der Waals surface area contributed by atoms with Crippen molar-refractivity contribution in [2.75, 3.05) is 0 Å². The molecular weight excluding hydrogens is 238 g/mol. The summed E-state index contributed by atoms with van der Waals surface area (Å²) >= 11 is 5.78. The van der Waals surface area contributed by atoms with Crippen LogP contribution in [-0.2, 0) is 0 Å². The Morgan fingerprint density at radius 3 is 2.53 bits per heavy atom. The van der Waals surface area contributed by atoms with Gasteiger partial charge in [0.2, 0.25) is 0 Å². The first kappa shape index (κ1) is 10.2. The van der Waals surface area contributed by atoms with E-state index in [-0.39, 0.29) is 6.08 Å². The molecule has 0 unspecified atom stereocenters.